The predicted molar refractivity (Wildman–Crippen MR) is 115 cm³/mol. The summed E-state index contributed by atoms with van der Waals surface area (Å²) in [6, 6.07) is 4.06. The van der Waals surface area contributed by atoms with Crippen molar-refractivity contribution in [2.24, 2.45) is 10.7 Å². The number of aromatic nitrogens is 2. The van der Waals surface area contributed by atoms with E-state index < -0.39 is 17.3 Å². The van der Waals surface area contributed by atoms with Crippen molar-refractivity contribution in [2.75, 3.05) is 24.2 Å². The van der Waals surface area contributed by atoms with Crippen molar-refractivity contribution in [3.8, 4) is 11.8 Å². The third kappa shape index (κ3) is 4.78. The summed E-state index contributed by atoms with van der Waals surface area (Å²) < 4.78 is 14.6. The summed E-state index contributed by atoms with van der Waals surface area (Å²) in [4.78, 5) is 38.5. The number of aliphatic imine (C=N–C) groups is 1. The Hall–Kier alpha value is -4.00. The van der Waals surface area contributed by atoms with Gasteiger partial charge in [0, 0.05) is 18.3 Å². The molecule has 2 heterocycles. The van der Waals surface area contributed by atoms with Crippen molar-refractivity contribution in [1.29, 1.82) is 0 Å². The SMILES string of the molecule is CC#CCNc1cnc(C(=O)Nc2ccc(F)c(C3(C)CC(=O)N(C)C(N)=N3)c2)cn1. The molecule has 2 amide bonds. The van der Waals surface area contributed by atoms with Crippen LogP contribution in [0.2, 0.25) is 0 Å². The molecule has 0 radical (unpaired) electrons. The van der Waals surface area contributed by atoms with E-state index in [-0.39, 0.29) is 29.5 Å². The lowest BCUT2D eigenvalue weighted by atomic mass is 9.87. The van der Waals surface area contributed by atoms with Crippen LogP contribution in [0.15, 0.2) is 35.6 Å². The molecule has 0 bridgehead atoms. The van der Waals surface area contributed by atoms with Crippen molar-refractivity contribution in [2.45, 2.75) is 25.8 Å². The molecule has 0 saturated carbocycles. The van der Waals surface area contributed by atoms with E-state index >= 15 is 0 Å². The van der Waals surface area contributed by atoms with Gasteiger partial charge < -0.3 is 16.4 Å². The van der Waals surface area contributed by atoms with Crippen LogP contribution >= 0.6 is 0 Å². The first-order valence-electron chi connectivity index (χ1n) is 9.42. The fraction of sp³-hybridized carbons (Fsp3) is 0.286. The van der Waals surface area contributed by atoms with Gasteiger partial charge in [0.2, 0.25) is 5.91 Å². The molecule has 9 nitrogen and oxygen atoms in total. The Balaban J connectivity index is 1.80. The summed E-state index contributed by atoms with van der Waals surface area (Å²) in [5.74, 6) is 4.72. The van der Waals surface area contributed by atoms with Crippen LogP contribution in [0.1, 0.15) is 36.3 Å². The highest BCUT2D eigenvalue weighted by molar-refractivity contribution is 6.03. The summed E-state index contributed by atoms with van der Waals surface area (Å²) in [7, 11) is 1.51. The van der Waals surface area contributed by atoms with Crippen LogP contribution < -0.4 is 16.4 Å². The molecule has 0 saturated heterocycles. The third-order valence-corrected chi connectivity index (χ3v) is 4.80. The molecule has 3 rings (SSSR count). The smallest absolute Gasteiger partial charge is 0.275 e. The zero-order chi connectivity index (χ0) is 22.6. The zero-order valence-corrected chi connectivity index (χ0v) is 17.4. The van der Waals surface area contributed by atoms with Crippen molar-refractivity contribution in [3.63, 3.8) is 0 Å². The summed E-state index contributed by atoms with van der Waals surface area (Å²) >= 11 is 0. The van der Waals surface area contributed by atoms with Crippen molar-refractivity contribution in [1.82, 2.24) is 14.9 Å². The number of nitrogens with one attached hydrogen (secondary N) is 2. The number of guanidine groups is 1. The summed E-state index contributed by atoms with van der Waals surface area (Å²) in [5.41, 5.74) is 5.18. The Morgan fingerprint density at radius 1 is 1.35 bits per heavy atom. The molecule has 0 aliphatic carbocycles. The number of amides is 2. The van der Waals surface area contributed by atoms with Gasteiger partial charge in [-0.2, -0.15) is 0 Å². The normalized spacial score (nSPS) is 18.0. The monoisotopic (exact) mass is 423 g/mol. The number of hydrogen-bond acceptors (Lipinski definition) is 7. The van der Waals surface area contributed by atoms with E-state index in [1.165, 1.54) is 42.5 Å². The summed E-state index contributed by atoms with van der Waals surface area (Å²) in [6.07, 6.45) is 2.69. The van der Waals surface area contributed by atoms with Crippen LogP contribution in [-0.4, -0.2) is 46.2 Å². The highest BCUT2D eigenvalue weighted by atomic mass is 19.1. The molecular formula is C21H22FN7O2. The van der Waals surface area contributed by atoms with E-state index in [2.05, 4.69) is 37.4 Å². The van der Waals surface area contributed by atoms with Gasteiger partial charge in [0.15, 0.2) is 5.96 Å². The molecule has 1 aliphatic rings. The van der Waals surface area contributed by atoms with Crippen molar-refractivity contribution >= 4 is 29.3 Å². The molecule has 0 spiro atoms. The number of carbonyl (C=O) groups is 2. The first-order chi connectivity index (χ1) is 14.7. The lowest BCUT2D eigenvalue weighted by molar-refractivity contribution is -0.128. The third-order valence-electron chi connectivity index (χ3n) is 4.80. The fourth-order valence-electron chi connectivity index (χ4n) is 3.03. The maximum atomic E-state index is 14.6. The summed E-state index contributed by atoms with van der Waals surface area (Å²) in [6.45, 7) is 3.77. The van der Waals surface area contributed by atoms with Crippen LogP contribution in [0.5, 0.6) is 0 Å². The molecular weight excluding hydrogens is 401 g/mol. The minimum atomic E-state index is -1.19. The Morgan fingerprint density at radius 2 is 2.13 bits per heavy atom. The van der Waals surface area contributed by atoms with Crippen molar-refractivity contribution < 1.29 is 14.0 Å². The van der Waals surface area contributed by atoms with Crippen LogP contribution in [-0.2, 0) is 10.3 Å². The average Bonchev–Trinajstić information content (AvgIpc) is 2.74. The standard InChI is InChI=1S/C21H22FN7O2/c1-4-5-8-24-17-12-25-16(11-26-17)19(31)27-13-6-7-15(22)14(9-13)21(2)10-18(30)29(3)20(23)28-21/h6-7,9,11-12H,8,10H2,1-3H3,(H2,23,28)(H,24,26)(H,27,31). The van der Waals surface area contributed by atoms with E-state index in [4.69, 9.17) is 5.73 Å². The number of carbonyl (C=O) groups excluding carboxylic acids is 2. The molecule has 0 fully saturated rings. The molecule has 160 valence electrons. The van der Waals surface area contributed by atoms with E-state index in [0.29, 0.717) is 18.1 Å². The van der Waals surface area contributed by atoms with E-state index in [0.717, 1.165) is 0 Å². The number of rotatable bonds is 5. The second kappa shape index (κ2) is 8.79. The molecule has 31 heavy (non-hydrogen) atoms. The Bertz CT molecular complexity index is 1100. The number of hydrogen-bond donors (Lipinski definition) is 3. The number of nitrogens with zero attached hydrogens (tertiary/aromatic N) is 4. The molecule has 1 aliphatic heterocycles. The first-order valence-corrected chi connectivity index (χ1v) is 9.42. The van der Waals surface area contributed by atoms with Gasteiger partial charge in [-0.15, -0.1) is 5.92 Å². The topological polar surface area (TPSA) is 126 Å². The van der Waals surface area contributed by atoms with Gasteiger partial charge in [0.05, 0.1) is 30.9 Å². The van der Waals surface area contributed by atoms with Gasteiger partial charge >= 0.3 is 0 Å². The Kier molecular flexibility index (Phi) is 6.15. The predicted octanol–water partition coefficient (Wildman–Crippen LogP) is 1.70. The molecule has 1 atom stereocenters. The largest absolute Gasteiger partial charge is 0.369 e. The van der Waals surface area contributed by atoms with Crippen LogP contribution in [0.4, 0.5) is 15.9 Å². The number of halogens is 1. The molecule has 1 aromatic carbocycles. The van der Waals surface area contributed by atoms with Crippen LogP contribution in [0.25, 0.3) is 0 Å². The fourth-order valence-corrected chi connectivity index (χ4v) is 3.03. The second-order valence-corrected chi connectivity index (χ2v) is 7.09. The second-order valence-electron chi connectivity index (χ2n) is 7.09. The number of benzene rings is 1. The minimum absolute atomic E-state index is 0.00137. The van der Waals surface area contributed by atoms with Gasteiger partial charge in [-0.1, -0.05) is 5.92 Å². The highest BCUT2D eigenvalue weighted by Gasteiger charge is 2.38. The first kappa shape index (κ1) is 21.7. The Labute approximate surface area is 179 Å². The maximum absolute atomic E-state index is 14.6. The highest BCUT2D eigenvalue weighted by Crippen LogP contribution is 2.35. The van der Waals surface area contributed by atoms with E-state index in [9.17, 15) is 14.0 Å². The lowest BCUT2D eigenvalue weighted by Crippen LogP contribution is -2.47. The number of nitrogens with two attached hydrogens (primary N) is 1. The van der Waals surface area contributed by atoms with Gasteiger partial charge in [0.1, 0.15) is 17.3 Å². The quantitative estimate of drug-likeness (QED) is 0.629. The Morgan fingerprint density at radius 3 is 2.77 bits per heavy atom. The van der Waals surface area contributed by atoms with Crippen LogP contribution in [0, 0.1) is 17.7 Å². The zero-order valence-electron chi connectivity index (χ0n) is 17.4. The van der Waals surface area contributed by atoms with Crippen molar-refractivity contribution in [3.05, 3.63) is 47.7 Å². The van der Waals surface area contributed by atoms with Gasteiger partial charge in [0.25, 0.3) is 5.91 Å². The van der Waals surface area contributed by atoms with Crippen LogP contribution in [0.3, 0.4) is 0 Å². The minimum Gasteiger partial charge on any atom is -0.369 e. The van der Waals surface area contributed by atoms with E-state index in [1.807, 2.05) is 0 Å². The molecule has 1 unspecified atom stereocenters. The summed E-state index contributed by atoms with van der Waals surface area (Å²) in [5, 5.41) is 5.61. The van der Waals surface area contributed by atoms with Gasteiger partial charge in [-0.3, -0.25) is 14.5 Å². The van der Waals surface area contributed by atoms with Gasteiger partial charge in [-0.05, 0) is 32.0 Å². The number of anilines is 2. The molecule has 4 N–H and O–H groups in total. The lowest BCUT2D eigenvalue weighted by Gasteiger charge is -2.34. The maximum Gasteiger partial charge on any atom is 0.275 e. The molecule has 1 aromatic heterocycles. The average molecular weight is 423 g/mol. The van der Waals surface area contributed by atoms with Gasteiger partial charge in [-0.25, -0.2) is 19.4 Å². The molecule has 10 heteroatoms. The van der Waals surface area contributed by atoms with E-state index in [1.54, 1.807) is 13.8 Å². The molecule has 2 aromatic rings.